The first-order valence-electron chi connectivity index (χ1n) is 3.91. The van der Waals surface area contributed by atoms with Crippen molar-refractivity contribution in [2.75, 3.05) is 6.54 Å². The van der Waals surface area contributed by atoms with E-state index in [0.29, 0.717) is 6.04 Å². The summed E-state index contributed by atoms with van der Waals surface area (Å²) >= 11 is 0. The van der Waals surface area contributed by atoms with Crippen LogP contribution in [0.1, 0.15) is 27.2 Å². The number of nitrogens with one attached hydrogen (secondary N) is 1. The summed E-state index contributed by atoms with van der Waals surface area (Å²) in [6.45, 7) is 7.36. The van der Waals surface area contributed by atoms with E-state index in [1.54, 1.807) is 0 Å². The predicted molar refractivity (Wildman–Crippen MR) is 41.9 cm³/mol. The molecular formula is C8H17NO. The number of hydrogen-bond acceptors (Lipinski definition) is 2. The summed E-state index contributed by atoms with van der Waals surface area (Å²) in [6, 6.07) is 0.488. The molecule has 2 unspecified atom stereocenters. The molecule has 0 aromatic rings. The summed E-state index contributed by atoms with van der Waals surface area (Å²) in [5, 5.41) is 12.5. The van der Waals surface area contributed by atoms with Gasteiger partial charge < -0.3 is 10.4 Å². The molecule has 60 valence electrons. The standard InChI is InChI=1S/C8H17NO/c1-8(2,3)7-4-6(10)5-9-7/h6-7,9-10H,4-5H2,1-3H3. The molecule has 2 heteroatoms. The first-order valence-corrected chi connectivity index (χ1v) is 3.91. The Morgan fingerprint density at radius 2 is 2.00 bits per heavy atom. The van der Waals surface area contributed by atoms with Crippen LogP contribution < -0.4 is 5.32 Å². The van der Waals surface area contributed by atoms with Crippen LogP contribution in [0.25, 0.3) is 0 Å². The maximum absolute atomic E-state index is 9.20. The molecule has 1 heterocycles. The minimum Gasteiger partial charge on any atom is -0.392 e. The van der Waals surface area contributed by atoms with Crippen LogP contribution in [-0.2, 0) is 0 Å². The molecule has 0 bridgehead atoms. The molecule has 1 rings (SSSR count). The largest absolute Gasteiger partial charge is 0.392 e. The Kier molecular flexibility index (Phi) is 2.02. The van der Waals surface area contributed by atoms with Crippen molar-refractivity contribution < 1.29 is 5.11 Å². The van der Waals surface area contributed by atoms with Gasteiger partial charge in [0.25, 0.3) is 0 Å². The molecule has 2 N–H and O–H groups in total. The number of rotatable bonds is 0. The van der Waals surface area contributed by atoms with Crippen LogP contribution in [-0.4, -0.2) is 23.8 Å². The molecule has 1 saturated heterocycles. The molecular weight excluding hydrogens is 126 g/mol. The van der Waals surface area contributed by atoms with Crippen LogP contribution in [0, 0.1) is 5.41 Å². The van der Waals surface area contributed by atoms with Crippen molar-refractivity contribution in [1.82, 2.24) is 5.32 Å². The molecule has 1 aliphatic rings. The van der Waals surface area contributed by atoms with E-state index < -0.39 is 0 Å². The van der Waals surface area contributed by atoms with E-state index in [-0.39, 0.29) is 11.5 Å². The smallest absolute Gasteiger partial charge is 0.0679 e. The lowest BCUT2D eigenvalue weighted by Gasteiger charge is -2.26. The van der Waals surface area contributed by atoms with Gasteiger partial charge in [0.15, 0.2) is 0 Å². The van der Waals surface area contributed by atoms with Crippen LogP contribution in [0.4, 0.5) is 0 Å². The summed E-state index contributed by atoms with van der Waals surface area (Å²) in [5.41, 5.74) is 0.289. The minimum atomic E-state index is -0.121. The zero-order valence-electron chi connectivity index (χ0n) is 7.02. The second kappa shape index (κ2) is 2.51. The average Bonchev–Trinajstić information content (AvgIpc) is 2.11. The summed E-state index contributed by atoms with van der Waals surface area (Å²) in [5.74, 6) is 0. The number of aliphatic hydroxyl groups excluding tert-OH is 1. The first kappa shape index (κ1) is 8.02. The Hall–Kier alpha value is -0.0800. The topological polar surface area (TPSA) is 32.3 Å². The summed E-state index contributed by atoms with van der Waals surface area (Å²) < 4.78 is 0. The van der Waals surface area contributed by atoms with E-state index in [1.165, 1.54) is 0 Å². The highest BCUT2D eigenvalue weighted by Crippen LogP contribution is 2.25. The number of hydrogen-bond donors (Lipinski definition) is 2. The minimum absolute atomic E-state index is 0.121. The normalized spacial score (nSPS) is 34.8. The van der Waals surface area contributed by atoms with Crippen molar-refractivity contribution in [2.24, 2.45) is 5.41 Å². The van der Waals surface area contributed by atoms with Crippen molar-refractivity contribution in [3.63, 3.8) is 0 Å². The van der Waals surface area contributed by atoms with Gasteiger partial charge in [-0.25, -0.2) is 0 Å². The number of aliphatic hydroxyl groups is 1. The third-order valence-electron chi connectivity index (χ3n) is 2.15. The zero-order chi connectivity index (χ0) is 7.78. The summed E-state index contributed by atoms with van der Waals surface area (Å²) in [6.07, 6.45) is 0.785. The highest BCUT2D eigenvalue weighted by Gasteiger charge is 2.31. The first-order chi connectivity index (χ1) is 4.50. The van der Waals surface area contributed by atoms with Crippen LogP contribution in [0.2, 0.25) is 0 Å². The Morgan fingerprint density at radius 3 is 2.20 bits per heavy atom. The molecule has 0 aromatic heterocycles. The van der Waals surface area contributed by atoms with Gasteiger partial charge in [-0.15, -0.1) is 0 Å². The SMILES string of the molecule is CC(C)(C)C1CC(O)CN1. The molecule has 2 atom stereocenters. The fourth-order valence-electron chi connectivity index (χ4n) is 1.38. The van der Waals surface area contributed by atoms with Gasteiger partial charge in [-0.2, -0.15) is 0 Å². The highest BCUT2D eigenvalue weighted by molar-refractivity contribution is 4.88. The van der Waals surface area contributed by atoms with Crippen LogP contribution in [0.5, 0.6) is 0 Å². The molecule has 0 aliphatic carbocycles. The summed E-state index contributed by atoms with van der Waals surface area (Å²) in [4.78, 5) is 0. The summed E-state index contributed by atoms with van der Waals surface area (Å²) in [7, 11) is 0. The maximum Gasteiger partial charge on any atom is 0.0679 e. The van der Waals surface area contributed by atoms with E-state index in [2.05, 4.69) is 26.1 Å². The van der Waals surface area contributed by atoms with Crippen molar-refractivity contribution >= 4 is 0 Å². The molecule has 2 nitrogen and oxygen atoms in total. The molecule has 10 heavy (non-hydrogen) atoms. The van der Waals surface area contributed by atoms with Gasteiger partial charge in [0.05, 0.1) is 6.10 Å². The lowest BCUT2D eigenvalue weighted by molar-refractivity contribution is 0.182. The second-order valence-electron chi connectivity index (χ2n) is 4.22. The van der Waals surface area contributed by atoms with Crippen molar-refractivity contribution in [3.05, 3.63) is 0 Å². The third-order valence-corrected chi connectivity index (χ3v) is 2.15. The van der Waals surface area contributed by atoms with Gasteiger partial charge in [0, 0.05) is 12.6 Å². The van der Waals surface area contributed by atoms with Crippen molar-refractivity contribution in [3.8, 4) is 0 Å². The van der Waals surface area contributed by atoms with Gasteiger partial charge >= 0.3 is 0 Å². The molecule has 1 aliphatic heterocycles. The molecule has 0 amide bonds. The zero-order valence-corrected chi connectivity index (χ0v) is 7.02. The van der Waals surface area contributed by atoms with E-state index in [0.717, 1.165) is 13.0 Å². The predicted octanol–water partition coefficient (Wildman–Crippen LogP) is 0.755. The third kappa shape index (κ3) is 1.70. The average molecular weight is 143 g/mol. The van der Waals surface area contributed by atoms with Crippen LogP contribution in [0.3, 0.4) is 0 Å². The Balaban J connectivity index is 2.45. The molecule has 1 fully saturated rings. The second-order valence-corrected chi connectivity index (χ2v) is 4.22. The van der Waals surface area contributed by atoms with E-state index in [9.17, 15) is 5.11 Å². The number of β-amino-alcohol motifs (C(OH)–C–C–N with tert-alkyl or cyclic N) is 1. The lowest BCUT2D eigenvalue weighted by Crippen LogP contribution is -2.34. The molecule has 0 spiro atoms. The molecule has 0 saturated carbocycles. The van der Waals surface area contributed by atoms with E-state index >= 15 is 0 Å². The van der Waals surface area contributed by atoms with Gasteiger partial charge in [-0.3, -0.25) is 0 Å². The fraction of sp³-hybridized carbons (Fsp3) is 1.00. The molecule has 0 radical (unpaired) electrons. The van der Waals surface area contributed by atoms with Gasteiger partial charge in [-0.05, 0) is 11.8 Å². The van der Waals surface area contributed by atoms with Crippen molar-refractivity contribution in [1.29, 1.82) is 0 Å². The van der Waals surface area contributed by atoms with Gasteiger partial charge in [-0.1, -0.05) is 20.8 Å². The highest BCUT2D eigenvalue weighted by atomic mass is 16.3. The van der Waals surface area contributed by atoms with Gasteiger partial charge in [0.1, 0.15) is 0 Å². The monoisotopic (exact) mass is 143 g/mol. The fourth-order valence-corrected chi connectivity index (χ4v) is 1.38. The Bertz CT molecular complexity index is 117. The van der Waals surface area contributed by atoms with E-state index in [4.69, 9.17) is 0 Å². The Labute approximate surface area is 62.6 Å². The van der Waals surface area contributed by atoms with Crippen molar-refractivity contribution in [2.45, 2.75) is 39.3 Å². The maximum atomic E-state index is 9.20. The Morgan fingerprint density at radius 1 is 1.40 bits per heavy atom. The van der Waals surface area contributed by atoms with Crippen LogP contribution in [0.15, 0.2) is 0 Å². The van der Waals surface area contributed by atoms with E-state index in [1.807, 2.05) is 0 Å². The van der Waals surface area contributed by atoms with Gasteiger partial charge in [0.2, 0.25) is 0 Å². The lowest BCUT2D eigenvalue weighted by atomic mass is 9.86. The van der Waals surface area contributed by atoms with Crippen LogP contribution >= 0.6 is 0 Å². The molecule has 0 aromatic carbocycles. The quantitative estimate of drug-likeness (QED) is 0.524.